The van der Waals surface area contributed by atoms with Crippen molar-refractivity contribution < 1.29 is 18.0 Å². The minimum atomic E-state index is -4.51. The Bertz CT molecular complexity index is 443. The van der Waals surface area contributed by atoms with E-state index in [1.165, 1.54) is 12.1 Å². The molecule has 0 fully saturated rings. The Morgan fingerprint density at radius 1 is 1.33 bits per heavy atom. The van der Waals surface area contributed by atoms with Crippen LogP contribution in [-0.4, -0.2) is 17.6 Å². The molecule has 1 aromatic carbocycles. The van der Waals surface area contributed by atoms with Crippen LogP contribution in [-0.2, 0) is 5.88 Å². The second-order valence-corrected chi connectivity index (χ2v) is 4.68. The third-order valence-corrected chi connectivity index (χ3v) is 2.79. The van der Waals surface area contributed by atoms with Crippen LogP contribution in [0.2, 0.25) is 0 Å². The number of rotatable bonds is 3. The molecule has 1 N–H and O–H groups in total. The van der Waals surface area contributed by atoms with Gasteiger partial charge in [0.15, 0.2) is 0 Å². The zero-order valence-corrected chi connectivity index (χ0v) is 10.7. The molecule has 18 heavy (non-hydrogen) atoms. The summed E-state index contributed by atoms with van der Waals surface area (Å²) in [6.45, 7) is 1.83. The number of alkyl halides is 4. The van der Waals surface area contributed by atoms with Gasteiger partial charge in [-0.2, -0.15) is 13.2 Å². The molecule has 0 bridgehead atoms. The third kappa shape index (κ3) is 3.38. The summed E-state index contributed by atoms with van der Waals surface area (Å²) in [6.07, 6.45) is -4.51. The fourth-order valence-corrected chi connectivity index (χ4v) is 1.39. The normalized spacial score (nSPS) is 12.3. The van der Waals surface area contributed by atoms with Crippen LogP contribution in [0.25, 0.3) is 0 Å². The summed E-state index contributed by atoms with van der Waals surface area (Å²) < 4.78 is 37.9. The van der Waals surface area contributed by atoms with Crippen molar-refractivity contribution in [1.29, 1.82) is 0 Å². The van der Waals surface area contributed by atoms with Crippen LogP contribution >= 0.6 is 11.6 Å². The van der Waals surface area contributed by atoms with Crippen molar-refractivity contribution in [2.24, 2.45) is 0 Å². The Kier molecular flexibility index (Phi) is 4.27. The lowest BCUT2D eigenvalue weighted by molar-refractivity contribution is -0.182. The van der Waals surface area contributed by atoms with Crippen molar-refractivity contribution in [2.75, 3.05) is 0 Å². The molecule has 1 rings (SSSR count). The van der Waals surface area contributed by atoms with Gasteiger partial charge in [0.25, 0.3) is 5.91 Å². The van der Waals surface area contributed by atoms with Crippen LogP contribution in [0, 0.1) is 0 Å². The first kappa shape index (κ1) is 14.8. The van der Waals surface area contributed by atoms with Gasteiger partial charge < -0.3 is 5.32 Å². The van der Waals surface area contributed by atoms with Gasteiger partial charge in [-0.15, -0.1) is 11.6 Å². The molecule has 0 atom stereocenters. The summed E-state index contributed by atoms with van der Waals surface area (Å²) in [5.41, 5.74) is -1.44. The standard InChI is InChI=1S/C12H13ClF3NO/c1-11(2,12(14,15)16)17-10(18)9-5-3-4-8(6-9)7-13/h3-6H,7H2,1-2H3,(H,17,18). The second-order valence-electron chi connectivity index (χ2n) is 4.41. The number of halogens is 4. The summed E-state index contributed by atoms with van der Waals surface area (Å²) in [7, 11) is 0. The molecular weight excluding hydrogens is 267 g/mol. The molecule has 2 nitrogen and oxygen atoms in total. The number of nitrogens with one attached hydrogen (secondary N) is 1. The second kappa shape index (κ2) is 5.18. The molecule has 1 aromatic rings. The molecule has 0 saturated heterocycles. The van der Waals surface area contributed by atoms with E-state index in [1.807, 2.05) is 5.32 Å². The van der Waals surface area contributed by atoms with Crippen molar-refractivity contribution in [3.8, 4) is 0 Å². The Morgan fingerprint density at radius 3 is 2.44 bits per heavy atom. The van der Waals surface area contributed by atoms with Crippen LogP contribution in [0.1, 0.15) is 29.8 Å². The molecule has 0 radical (unpaired) electrons. The number of amides is 1. The van der Waals surface area contributed by atoms with E-state index < -0.39 is 17.6 Å². The molecule has 100 valence electrons. The zero-order chi connectivity index (χ0) is 14.0. The third-order valence-electron chi connectivity index (χ3n) is 2.48. The molecule has 0 aliphatic rings. The predicted molar refractivity (Wildman–Crippen MR) is 63.6 cm³/mol. The number of benzene rings is 1. The van der Waals surface area contributed by atoms with E-state index >= 15 is 0 Å². The SMILES string of the molecule is CC(C)(NC(=O)c1cccc(CCl)c1)C(F)(F)F. The van der Waals surface area contributed by atoms with Crippen LogP contribution in [0.3, 0.4) is 0 Å². The summed E-state index contributed by atoms with van der Waals surface area (Å²) in [6, 6.07) is 6.18. The fourth-order valence-electron chi connectivity index (χ4n) is 1.22. The Hall–Kier alpha value is -1.23. The predicted octanol–water partition coefficient (Wildman–Crippen LogP) is 3.50. The van der Waals surface area contributed by atoms with E-state index in [9.17, 15) is 18.0 Å². The quantitative estimate of drug-likeness (QED) is 0.843. The highest BCUT2D eigenvalue weighted by atomic mass is 35.5. The molecule has 0 aromatic heterocycles. The molecule has 0 saturated carbocycles. The number of hydrogen-bond donors (Lipinski definition) is 1. The van der Waals surface area contributed by atoms with Crippen LogP contribution < -0.4 is 5.32 Å². The largest absolute Gasteiger partial charge is 0.410 e. The maximum atomic E-state index is 12.6. The highest BCUT2D eigenvalue weighted by molar-refractivity contribution is 6.17. The number of carbonyl (C=O) groups excluding carboxylic acids is 1. The van der Waals surface area contributed by atoms with Gasteiger partial charge in [-0.25, -0.2) is 0 Å². The lowest BCUT2D eigenvalue weighted by Crippen LogP contribution is -2.54. The van der Waals surface area contributed by atoms with Gasteiger partial charge in [0.1, 0.15) is 5.54 Å². The van der Waals surface area contributed by atoms with E-state index in [0.717, 1.165) is 13.8 Å². The summed E-state index contributed by atoms with van der Waals surface area (Å²) >= 11 is 5.60. The molecular formula is C12H13ClF3NO. The van der Waals surface area contributed by atoms with Crippen LogP contribution in [0.15, 0.2) is 24.3 Å². The van der Waals surface area contributed by atoms with Gasteiger partial charge in [0.05, 0.1) is 0 Å². The van der Waals surface area contributed by atoms with E-state index in [2.05, 4.69) is 0 Å². The smallest absolute Gasteiger partial charge is 0.338 e. The maximum absolute atomic E-state index is 12.6. The van der Waals surface area contributed by atoms with Crippen molar-refractivity contribution in [3.63, 3.8) is 0 Å². The fraction of sp³-hybridized carbons (Fsp3) is 0.417. The van der Waals surface area contributed by atoms with Crippen LogP contribution in [0.4, 0.5) is 13.2 Å². The summed E-state index contributed by atoms with van der Waals surface area (Å²) in [5.74, 6) is -0.576. The van der Waals surface area contributed by atoms with E-state index in [0.29, 0.717) is 5.56 Å². The van der Waals surface area contributed by atoms with Gasteiger partial charge in [0.2, 0.25) is 0 Å². The van der Waals surface area contributed by atoms with Crippen molar-refractivity contribution in [1.82, 2.24) is 5.32 Å². The number of hydrogen-bond acceptors (Lipinski definition) is 1. The Morgan fingerprint density at radius 2 is 1.94 bits per heavy atom. The molecule has 1 amide bonds. The van der Waals surface area contributed by atoms with Gasteiger partial charge >= 0.3 is 6.18 Å². The molecule has 6 heteroatoms. The molecule has 0 unspecified atom stereocenters. The van der Waals surface area contributed by atoms with Crippen molar-refractivity contribution in [2.45, 2.75) is 31.4 Å². The lowest BCUT2D eigenvalue weighted by Gasteiger charge is -2.28. The first-order valence-corrected chi connectivity index (χ1v) is 5.75. The molecule has 0 aliphatic carbocycles. The summed E-state index contributed by atoms with van der Waals surface area (Å²) in [4.78, 5) is 11.7. The van der Waals surface area contributed by atoms with Gasteiger partial charge in [-0.05, 0) is 31.5 Å². The van der Waals surface area contributed by atoms with Gasteiger partial charge in [-0.3, -0.25) is 4.79 Å². The van der Waals surface area contributed by atoms with Crippen molar-refractivity contribution in [3.05, 3.63) is 35.4 Å². The zero-order valence-electron chi connectivity index (χ0n) is 9.94. The lowest BCUT2D eigenvalue weighted by atomic mass is 10.0. The van der Waals surface area contributed by atoms with E-state index in [-0.39, 0.29) is 11.4 Å². The highest BCUT2D eigenvalue weighted by Crippen LogP contribution is 2.29. The molecule has 0 heterocycles. The average molecular weight is 280 g/mol. The monoisotopic (exact) mass is 279 g/mol. The first-order valence-electron chi connectivity index (χ1n) is 5.21. The topological polar surface area (TPSA) is 29.1 Å². The van der Waals surface area contributed by atoms with Gasteiger partial charge in [0, 0.05) is 11.4 Å². The van der Waals surface area contributed by atoms with E-state index in [4.69, 9.17) is 11.6 Å². The minimum Gasteiger partial charge on any atom is -0.338 e. The first-order chi connectivity index (χ1) is 8.17. The molecule has 0 aliphatic heterocycles. The Labute approximate surface area is 108 Å². The summed E-state index contributed by atoms with van der Waals surface area (Å²) in [5, 5.41) is 1.96. The Balaban J connectivity index is 2.89. The van der Waals surface area contributed by atoms with E-state index in [1.54, 1.807) is 12.1 Å². The van der Waals surface area contributed by atoms with Crippen LogP contribution in [0.5, 0.6) is 0 Å². The number of carbonyl (C=O) groups is 1. The minimum absolute atomic E-state index is 0.158. The highest BCUT2D eigenvalue weighted by Gasteiger charge is 2.48. The maximum Gasteiger partial charge on any atom is 0.410 e. The van der Waals surface area contributed by atoms with Crippen molar-refractivity contribution >= 4 is 17.5 Å². The van der Waals surface area contributed by atoms with Gasteiger partial charge in [-0.1, -0.05) is 12.1 Å². The molecule has 0 spiro atoms. The average Bonchev–Trinajstić information content (AvgIpc) is 2.27.